The number of hydrogen-bond donors (Lipinski definition) is 1. The van der Waals surface area contributed by atoms with Gasteiger partial charge in [0.25, 0.3) is 0 Å². The summed E-state index contributed by atoms with van der Waals surface area (Å²) in [6, 6.07) is 16.7. The van der Waals surface area contributed by atoms with Crippen molar-refractivity contribution in [2.24, 2.45) is 4.99 Å². The molecule has 1 aliphatic rings. The number of benzene rings is 2. The van der Waals surface area contributed by atoms with Gasteiger partial charge in [-0.3, -0.25) is 0 Å². The van der Waals surface area contributed by atoms with Crippen LogP contribution in [0.2, 0.25) is 0 Å². The normalized spacial score (nSPS) is 13.6. The molecule has 1 N–H and O–H groups in total. The first kappa shape index (κ1) is 18.8. The number of unbranched alkanes of at least 4 members (excludes halogenated alkanes) is 1. The van der Waals surface area contributed by atoms with Crippen LogP contribution < -0.4 is 0 Å². The van der Waals surface area contributed by atoms with E-state index in [0.717, 1.165) is 54.0 Å². The number of rotatable bonds is 7. The van der Waals surface area contributed by atoms with Gasteiger partial charge < -0.3 is 4.90 Å². The van der Waals surface area contributed by atoms with Crippen molar-refractivity contribution in [3.63, 3.8) is 0 Å². The van der Waals surface area contributed by atoms with E-state index >= 15 is 0 Å². The van der Waals surface area contributed by atoms with E-state index < -0.39 is 0 Å². The van der Waals surface area contributed by atoms with Gasteiger partial charge in [0.05, 0.1) is 0 Å². The van der Waals surface area contributed by atoms with Gasteiger partial charge in [0.1, 0.15) is 5.84 Å². The third-order valence-corrected chi connectivity index (χ3v) is 5.02. The first-order valence-electron chi connectivity index (χ1n) is 9.88. The minimum Gasteiger partial charge on any atom is -0.326 e. The number of hydrogen-bond acceptors (Lipinski definition) is 5. The van der Waals surface area contributed by atoms with Crippen molar-refractivity contribution >= 4 is 5.84 Å². The predicted octanol–water partition coefficient (Wildman–Crippen LogP) is 4.97. The van der Waals surface area contributed by atoms with Gasteiger partial charge in [-0.15, -0.1) is 10.2 Å². The minimum atomic E-state index is 0.595. The fraction of sp³-hybridized carbons (Fsp3) is 0.217. The quantitative estimate of drug-likeness (QED) is 0.625. The molecule has 0 saturated heterocycles. The lowest BCUT2D eigenvalue weighted by Gasteiger charge is -2.28. The maximum absolute atomic E-state index is 4.58. The minimum absolute atomic E-state index is 0.595. The van der Waals surface area contributed by atoms with Gasteiger partial charge in [0.2, 0.25) is 5.82 Å². The van der Waals surface area contributed by atoms with E-state index in [9.17, 15) is 0 Å². The van der Waals surface area contributed by atoms with Gasteiger partial charge in [-0.05, 0) is 34.4 Å². The predicted molar refractivity (Wildman–Crippen MR) is 116 cm³/mol. The number of aromatic amines is 1. The lowest BCUT2D eigenvalue weighted by molar-refractivity contribution is 0.503. The summed E-state index contributed by atoms with van der Waals surface area (Å²) in [7, 11) is 0. The zero-order valence-electron chi connectivity index (χ0n) is 16.5. The average molecular weight is 384 g/mol. The second-order valence-electron chi connectivity index (χ2n) is 7.02. The van der Waals surface area contributed by atoms with Crippen molar-refractivity contribution in [2.75, 3.05) is 0 Å². The second kappa shape index (κ2) is 8.65. The zero-order valence-corrected chi connectivity index (χ0v) is 16.5. The van der Waals surface area contributed by atoms with Gasteiger partial charge >= 0.3 is 0 Å². The Hall–Kier alpha value is -3.54. The van der Waals surface area contributed by atoms with E-state index in [2.05, 4.69) is 74.4 Å². The molecule has 0 aliphatic carbocycles. The number of nitrogens with one attached hydrogen (secondary N) is 1. The molecule has 0 spiro atoms. The van der Waals surface area contributed by atoms with Crippen molar-refractivity contribution in [2.45, 2.75) is 32.7 Å². The molecule has 0 radical (unpaired) electrons. The summed E-state index contributed by atoms with van der Waals surface area (Å²) in [5.74, 6) is 1.68. The first-order valence-corrected chi connectivity index (χ1v) is 9.88. The highest BCUT2D eigenvalue weighted by Crippen LogP contribution is 2.30. The van der Waals surface area contributed by atoms with E-state index in [1.54, 1.807) is 0 Å². The van der Waals surface area contributed by atoms with Crippen LogP contribution in [0.1, 0.15) is 31.7 Å². The maximum Gasteiger partial charge on any atom is 0.205 e. The Labute approximate surface area is 170 Å². The van der Waals surface area contributed by atoms with E-state index in [1.807, 2.05) is 30.5 Å². The fourth-order valence-corrected chi connectivity index (χ4v) is 3.44. The highest BCUT2D eigenvalue weighted by Gasteiger charge is 2.16. The van der Waals surface area contributed by atoms with Crippen LogP contribution in [0.4, 0.5) is 0 Å². The number of H-pyrrole nitrogens is 1. The van der Waals surface area contributed by atoms with Crippen molar-refractivity contribution in [3.05, 3.63) is 78.6 Å². The van der Waals surface area contributed by atoms with Crippen LogP contribution in [0.5, 0.6) is 0 Å². The molecule has 4 rings (SSSR count). The molecular weight excluding hydrogens is 360 g/mol. The summed E-state index contributed by atoms with van der Waals surface area (Å²) in [5, 5.41) is 14.5. The molecule has 1 aromatic heterocycles. The Morgan fingerprint density at radius 3 is 2.55 bits per heavy atom. The van der Waals surface area contributed by atoms with Gasteiger partial charge in [0, 0.05) is 30.4 Å². The lowest BCUT2D eigenvalue weighted by Crippen LogP contribution is -2.30. The van der Waals surface area contributed by atoms with Gasteiger partial charge in [0.15, 0.2) is 0 Å². The number of tetrazole rings is 1. The number of aromatic nitrogens is 4. The van der Waals surface area contributed by atoms with Crippen molar-refractivity contribution in [1.29, 1.82) is 0 Å². The van der Waals surface area contributed by atoms with Crippen LogP contribution >= 0.6 is 0 Å². The molecule has 0 amide bonds. The van der Waals surface area contributed by atoms with Gasteiger partial charge in [-0.2, -0.15) is 5.21 Å². The number of amidine groups is 1. The highest BCUT2D eigenvalue weighted by molar-refractivity contribution is 5.86. The fourth-order valence-electron chi connectivity index (χ4n) is 3.44. The topological polar surface area (TPSA) is 70.1 Å². The lowest BCUT2D eigenvalue weighted by atomic mass is 9.98. The molecule has 1 aliphatic heterocycles. The van der Waals surface area contributed by atoms with Crippen molar-refractivity contribution in [1.82, 2.24) is 25.5 Å². The van der Waals surface area contributed by atoms with E-state index in [-0.39, 0.29) is 0 Å². The Morgan fingerprint density at radius 1 is 1.03 bits per heavy atom. The molecule has 3 aromatic rings. The largest absolute Gasteiger partial charge is 0.326 e. The third-order valence-electron chi connectivity index (χ3n) is 5.02. The highest BCUT2D eigenvalue weighted by atomic mass is 15.5. The summed E-state index contributed by atoms with van der Waals surface area (Å²) in [6.45, 7) is 7.15. The summed E-state index contributed by atoms with van der Waals surface area (Å²) < 4.78 is 0. The van der Waals surface area contributed by atoms with Crippen LogP contribution in [0, 0.1) is 0 Å². The van der Waals surface area contributed by atoms with Crippen LogP contribution in [0.3, 0.4) is 0 Å². The average Bonchev–Trinajstić information content (AvgIpc) is 3.29. The molecule has 0 saturated carbocycles. The van der Waals surface area contributed by atoms with Crippen LogP contribution in [0.25, 0.3) is 22.5 Å². The Bertz CT molecular complexity index is 1030. The van der Waals surface area contributed by atoms with Crippen molar-refractivity contribution in [3.8, 4) is 22.5 Å². The standard InChI is InChI=1S/C23H24N6/c1-3-4-9-22-24-15-14-17(2)29(22)16-18-10-12-19(13-11-18)20-7-5-6-8-21(20)23-25-27-28-26-23/h5-8,10-15H,2-4,9,16H2,1H3,(H,25,26,27,28). The van der Waals surface area contributed by atoms with Gasteiger partial charge in [-0.25, -0.2) is 4.99 Å². The molecule has 2 heterocycles. The smallest absolute Gasteiger partial charge is 0.205 e. The summed E-state index contributed by atoms with van der Waals surface area (Å²) in [6.07, 6.45) is 7.06. The Morgan fingerprint density at radius 2 is 1.83 bits per heavy atom. The molecule has 29 heavy (non-hydrogen) atoms. The maximum atomic E-state index is 4.58. The summed E-state index contributed by atoms with van der Waals surface area (Å²) >= 11 is 0. The summed E-state index contributed by atoms with van der Waals surface area (Å²) in [5.41, 5.74) is 5.35. The SMILES string of the molecule is C=C1C=CN=C(CCCC)N1Cc1ccc(-c2ccccc2-c2nn[nH]n2)cc1. The van der Waals surface area contributed by atoms with E-state index in [0.29, 0.717) is 5.82 Å². The Balaban J connectivity index is 1.56. The Kier molecular flexibility index (Phi) is 5.61. The monoisotopic (exact) mass is 384 g/mol. The molecule has 0 fully saturated rings. The molecule has 0 bridgehead atoms. The van der Waals surface area contributed by atoms with Gasteiger partial charge in [-0.1, -0.05) is 68.5 Å². The molecule has 6 nitrogen and oxygen atoms in total. The molecule has 146 valence electrons. The molecular formula is C23H24N6. The second-order valence-corrected chi connectivity index (χ2v) is 7.02. The van der Waals surface area contributed by atoms with Crippen LogP contribution in [-0.2, 0) is 6.54 Å². The van der Waals surface area contributed by atoms with Crippen LogP contribution in [-0.4, -0.2) is 31.4 Å². The number of allylic oxidation sites excluding steroid dienone is 1. The molecule has 0 atom stereocenters. The first-order chi connectivity index (χ1) is 14.3. The molecule has 0 unspecified atom stereocenters. The molecule has 6 heteroatoms. The number of nitrogens with zero attached hydrogens (tertiary/aromatic N) is 5. The molecule has 2 aromatic carbocycles. The van der Waals surface area contributed by atoms with E-state index in [1.165, 1.54) is 5.56 Å². The zero-order chi connectivity index (χ0) is 20.1. The van der Waals surface area contributed by atoms with Crippen LogP contribution in [0.15, 0.2) is 78.1 Å². The third kappa shape index (κ3) is 4.16. The summed E-state index contributed by atoms with van der Waals surface area (Å²) in [4.78, 5) is 6.78. The van der Waals surface area contributed by atoms with E-state index in [4.69, 9.17) is 0 Å². The number of aliphatic imine (C=N–C) groups is 1. The van der Waals surface area contributed by atoms with Crippen molar-refractivity contribution < 1.29 is 0 Å².